The van der Waals surface area contributed by atoms with E-state index in [1.165, 1.54) is 6.20 Å². The number of carboxylic acid groups (broad SMARTS) is 1. The van der Waals surface area contributed by atoms with Gasteiger partial charge in [-0.2, -0.15) is 0 Å². The molecule has 1 aromatic heterocycles. The number of fused-ring (bicyclic) bond motifs is 1. The van der Waals surface area contributed by atoms with Crippen LogP contribution in [0.3, 0.4) is 0 Å². The van der Waals surface area contributed by atoms with Crippen molar-refractivity contribution in [3.63, 3.8) is 0 Å². The molecule has 34 heavy (non-hydrogen) atoms. The lowest BCUT2D eigenvalue weighted by Crippen LogP contribution is -2.49. The lowest BCUT2D eigenvalue weighted by atomic mass is 10.1. The maximum Gasteiger partial charge on any atom is 0.341 e. The Bertz CT molecular complexity index is 1310. The Kier molecular flexibility index (Phi) is 5.79. The molecule has 2 aromatic carbocycles. The Balaban J connectivity index is 1.33. The summed E-state index contributed by atoms with van der Waals surface area (Å²) in [6, 6.07) is 12.2. The van der Waals surface area contributed by atoms with Crippen molar-refractivity contribution in [3.8, 4) is 0 Å². The van der Waals surface area contributed by atoms with Crippen LogP contribution in [-0.2, 0) is 4.79 Å². The molecule has 1 aliphatic heterocycles. The molecular formula is C25H25FN4O4. The van der Waals surface area contributed by atoms with Gasteiger partial charge in [0.1, 0.15) is 11.4 Å². The third-order valence-electron chi connectivity index (χ3n) is 6.41. The average Bonchev–Trinajstić information content (AvgIpc) is 3.66. The number of anilines is 2. The van der Waals surface area contributed by atoms with Crippen molar-refractivity contribution < 1.29 is 19.1 Å². The normalized spacial score (nSPS) is 16.6. The van der Waals surface area contributed by atoms with Crippen LogP contribution >= 0.6 is 0 Å². The summed E-state index contributed by atoms with van der Waals surface area (Å²) in [5, 5.41) is 12.4. The van der Waals surface area contributed by atoms with Crippen molar-refractivity contribution in [2.24, 2.45) is 0 Å². The van der Waals surface area contributed by atoms with E-state index < -0.39 is 17.2 Å². The number of nitrogens with zero attached hydrogens (tertiary/aromatic N) is 3. The maximum atomic E-state index is 15.1. The van der Waals surface area contributed by atoms with E-state index in [0.717, 1.165) is 24.6 Å². The second-order valence-corrected chi connectivity index (χ2v) is 8.81. The summed E-state index contributed by atoms with van der Waals surface area (Å²) in [5.74, 6) is -1.96. The second-order valence-electron chi connectivity index (χ2n) is 8.81. The van der Waals surface area contributed by atoms with Crippen molar-refractivity contribution in [1.29, 1.82) is 0 Å². The minimum Gasteiger partial charge on any atom is -0.477 e. The SMILES string of the molecule is O=C(CN1CCN(c2cc3c(cc2F)c(=O)c(C(=O)O)cn3C2CC2)CC1)Nc1ccccc1. The van der Waals surface area contributed by atoms with Crippen LogP contribution < -0.4 is 15.6 Å². The summed E-state index contributed by atoms with van der Waals surface area (Å²) in [5.41, 5.74) is 0.682. The molecule has 1 saturated heterocycles. The van der Waals surface area contributed by atoms with E-state index in [0.29, 0.717) is 37.4 Å². The molecule has 1 saturated carbocycles. The number of nitrogens with one attached hydrogen (secondary N) is 1. The Labute approximate surface area is 195 Å². The highest BCUT2D eigenvalue weighted by Gasteiger charge is 2.28. The number of aromatic carboxylic acids is 1. The molecule has 2 aliphatic rings. The smallest absolute Gasteiger partial charge is 0.341 e. The molecule has 0 bridgehead atoms. The van der Waals surface area contributed by atoms with Gasteiger partial charge in [0.25, 0.3) is 0 Å². The zero-order chi connectivity index (χ0) is 23.8. The fourth-order valence-electron chi connectivity index (χ4n) is 4.48. The van der Waals surface area contributed by atoms with Crippen LogP contribution in [0.1, 0.15) is 29.2 Å². The van der Waals surface area contributed by atoms with Crippen LogP contribution in [0, 0.1) is 5.82 Å². The Morgan fingerprint density at radius 1 is 1.06 bits per heavy atom. The van der Waals surface area contributed by atoms with E-state index in [1.54, 1.807) is 10.6 Å². The van der Waals surface area contributed by atoms with E-state index in [2.05, 4.69) is 5.32 Å². The molecule has 0 atom stereocenters. The highest BCUT2D eigenvalue weighted by Crippen LogP contribution is 2.38. The molecule has 1 aliphatic carbocycles. The third kappa shape index (κ3) is 4.38. The Morgan fingerprint density at radius 2 is 1.76 bits per heavy atom. The molecular weight excluding hydrogens is 439 g/mol. The number of para-hydroxylation sites is 1. The van der Waals surface area contributed by atoms with E-state index >= 15 is 4.39 Å². The van der Waals surface area contributed by atoms with Crippen LogP contribution in [-0.4, -0.2) is 59.2 Å². The van der Waals surface area contributed by atoms with Gasteiger partial charge in [-0.25, -0.2) is 9.18 Å². The van der Waals surface area contributed by atoms with Gasteiger partial charge in [0.15, 0.2) is 0 Å². The molecule has 2 heterocycles. The molecule has 8 nitrogen and oxygen atoms in total. The quantitative estimate of drug-likeness (QED) is 0.583. The summed E-state index contributed by atoms with van der Waals surface area (Å²) in [6.45, 7) is 2.49. The van der Waals surface area contributed by atoms with E-state index in [-0.39, 0.29) is 29.4 Å². The van der Waals surface area contributed by atoms with Gasteiger partial charge in [-0.15, -0.1) is 0 Å². The van der Waals surface area contributed by atoms with E-state index in [1.807, 2.05) is 40.1 Å². The summed E-state index contributed by atoms with van der Waals surface area (Å²) in [4.78, 5) is 40.5. The predicted octanol–water partition coefficient (Wildman–Crippen LogP) is 2.93. The van der Waals surface area contributed by atoms with Gasteiger partial charge < -0.3 is 19.9 Å². The number of aromatic nitrogens is 1. The number of pyridine rings is 1. The molecule has 2 N–H and O–H groups in total. The number of rotatable bonds is 6. The average molecular weight is 464 g/mol. The minimum absolute atomic E-state index is 0.0873. The number of benzene rings is 2. The van der Waals surface area contributed by atoms with Gasteiger partial charge in [0.2, 0.25) is 11.3 Å². The number of halogens is 1. The predicted molar refractivity (Wildman–Crippen MR) is 127 cm³/mol. The Morgan fingerprint density at radius 3 is 2.41 bits per heavy atom. The van der Waals surface area contributed by atoms with Crippen LogP contribution in [0.2, 0.25) is 0 Å². The lowest BCUT2D eigenvalue weighted by Gasteiger charge is -2.36. The molecule has 0 unspecified atom stereocenters. The first-order chi connectivity index (χ1) is 16.4. The maximum absolute atomic E-state index is 15.1. The summed E-state index contributed by atoms with van der Waals surface area (Å²) in [7, 11) is 0. The highest BCUT2D eigenvalue weighted by atomic mass is 19.1. The van der Waals surface area contributed by atoms with Gasteiger partial charge in [0, 0.05) is 49.5 Å². The van der Waals surface area contributed by atoms with Crippen molar-refractivity contribution in [1.82, 2.24) is 9.47 Å². The van der Waals surface area contributed by atoms with E-state index in [9.17, 15) is 19.5 Å². The molecule has 3 aromatic rings. The van der Waals surface area contributed by atoms with Gasteiger partial charge in [-0.3, -0.25) is 14.5 Å². The van der Waals surface area contributed by atoms with Crippen molar-refractivity contribution >= 4 is 34.2 Å². The van der Waals surface area contributed by atoms with Crippen molar-refractivity contribution in [2.45, 2.75) is 18.9 Å². The van der Waals surface area contributed by atoms with E-state index in [4.69, 9.17) is 0 Å². The fraction of sp³-hybridized carbons (Fsp3) is 0.320. The summed E-state index contributed by atoms with van der Waals surface area (Å²) < 4.78 is 16.9. The van der Waals surface area contributed by atoms with Gasteiger partial charge in [0.05, 0.1) is 17.7 Å². The molecule has 5 rings (SSSR count). The molecule has 0 radical (unpaired) electrons. The molecule has 1 amide bonds. The number of piperazine rings is 1. The monoisotopic (exact) mass is 464 g/mol. The van der Waals surface area contributed by atoms with Gasteiger partial charge in [-0.1, -0.05) is 18.2 Å². The van der Waals surface area contributed by atoms with Crippen LogP contribution in [0.4, 0.5) is 15.8 Å². The Hall–Kier alpha value is -3.72. The summed E-state index contributed by atoms with van der Waals surface area (Å²) >= 11 is 0. The zero-order valence-corrected chi connectivity index (χ0v) is 18.5. The largest absolute Gasteiger partial charge is 0.477 e. The zero-order valence-electron chi connectivity index (χ0n) is 18.5. The van der Waals surface area contributed by atoms with Crippen LogP contribution in [0.25, 0.3) is 10.9 Å². The molecule has 176 valence electrons. The number of carbonyl (C=O) groups excluding carboxylic acids is 1. The lowest BCUT2D eigenvalue weighted by molar-refractivity contribution is -0.117. The number of carbonyl (C=O) groups is 2. The first kappa shape index (κ1) is 22.1. The first-order valence-electron chi connectivity index (χ1n) is 11.3. The standard InChI is InChI=1S/C25H25FN4O4/c26-20-12-18-21(30(17-6-7-17)14-19(24(18)32)25(33)34)13-22(20)29-10-8-28(9-11-29)15-23(31)27-16-4-2-1-3-5-16/h1-5,12-14,17H,6-11,15H2,(H,27,31)(H,33,34). The fourth-order valence-corrected chi connectivity index (χ4v) is 4.48. The topological polar surface area (TPSA) is 94.9 Å². The highest BCUT2D eigenvalue weighted by molar-refractivity contribution is 5.94. The minimum atomic E-state index is -1.31. The molecule has 2 fully saturated rings. The second kappa shape index (κ2) is 8.90. The number of carboxylic acids is 1. The van der Waals surface area contributed by atoms with Gasteiger partial charge in [-0.05, 0) is 37.1 Å². The molecule has 0 spiro atoms. The molecule has 9 heteroatoms. The summed E-state index contributed by atoms with van der Waals surface area (Å²) in [6.07, 6.45) is 3.18. The van der Waals surface area contributed by atoms with Gasteiger partial charge >= 0.3 is 5.97 Å². The third-order valence-corrected chi connectivity index (χ3v) is 6.41. The first-order valence-corrected chi connectivity index (χ1v) is 11.3. The van der Waals surface area contributed by atoms with Crippen LogP contribution in [0.5, 0.6) is 0 Å². The van der Waals surface area contributed by atoms with Crippen molar-refractivity contribution in [2.75, 3.05) is 42.9 Å². The number of hydrogen-bond acceptors (Lipinski definition) is 5. The number of hydrogen-bond donors (Lipinski definition) is 2. The number of amides is 1. The van der Waals surface area contributed by atoms with Crippen LogP contribution in [0.15, 0.2) is 53.5 Å². The van der Waals surface area contributed by atoms with Crippen molar-refractivity contribution in [3.05, 3.63) is 70.3 Å².